The van der Waals surface area contributed by atoms with Crippen LogP contribution in [0.4, 0.5) is 23.3 Å². The molecule has 1 heterocycles. The first-order chi connectivity index (χ1) is 18.3. The molecule has 0 atom stereocenters. The Kier molecular flexibility index (Phi) is 6.40. The number of nitrogens with zero attached hydrogens (tertiary/aromatic N) is 3. The van der Waals surface area contributed by atoms with Crippen LogP contribution in [-0.4, -0.2) is 51.1 Å². The van der Waals surface area contributed by atoms with Crippen LogP contribution in [0.15, 0.2) is 70.5 Å². The van der Waals surface area contributed by atoms with Crippen molar-refractivity contribution in [2.45, 2.75) is 9.79 Å². The second kappa shape index (κ2) is 9.48. The Hall–Kier alpha value is -4.28. The van der Waals surface area contributed by atoms with E-state index in [1.165, 1.54) is 48.5 Å². The Bertz CT molecular complexity index is 1880. The van der Waals surface area contributed by atoms with Gasteiger partial charge in [0.25, 0.3) is 20.2 Å². The van der Waals surface area contributed by atoms with Crippen molar-refractivity contribution in [1.29, 1.82) is 0 Å². The second-order valence-electron chi connectivity index (χ2n) is 8.14. The second-order valence-corrected chi connectivity index (χ2v) is 11.3. The van der Waals surface area contributed by atoms with Gasteiger partial charge in [0.05, 0.1) is 21.2 Å². The number of benzene rings is 4. The van der Waals surface area contributed by atoms with Crippen LogP contribution >= 0.6 is 11.6 Å². The zero-order valence-corrected chi connectivity index (χ0v) is 21.6. The summed E-state index contributed by atoms with van der Waals surface area (Å²) in [6, 6.07) is 13.2. The first kappa shape index (κ1) is 26.3. The van der Waals surface area contributed by atoms with Crippen molar-refractivity contribution in [3.8, 4) is 11.5 Å². The molecule has 39 heavy (non-hydrogen) atoms. The minimum Gasteiger partial charge on any atom is -0.507 e. The van der Waals surface area contributed by atoms with E-state index < -0.39 is 30.0 Å². The maximum Gasteiger partial charge on any atom is 0.294 e. The molecule has 0 bridgehead atoms. The summed E-state index contributed by atoms with van der Waals surface area (Å²) in [5, 5.41) is 26.9. The molecule has 0 aliphatic rings. The Labute approximate surface area is 225 Å². The molecule has 6 N–H and O–H groups in total. The molecule has 13 nitrogen and oxygen atoms in total. The van der Waals surface area contributed by atoms with Gasteiger partial charge >= 0.3 is 0 Å². The summed E-state index contributed by atoms with van der Waals surface area (Å²) in [5.41, 5.74) is 0.00538. The molecule has 0 radical (unpaired) electrons. The number of phenolic OH excluding ortho intramolecular Hbond substituents is 2. The van der Waals surface area contributed by atoms with Crippen LogP contribution in [0.3, 0.4) is 0 Å². The average Bonchev–Trinajstić information content (AvgIpc) is 2.82. The van der Waals surface area contributed by atoms with E-state index in [1.54, 1.807) is 0 Å². The third kappa shape index (κ3) is 5.34. The van der Waals surface area contributed by atoms with Gasteiger partial charge in [0, 0.05) is 10.8 Å². The van der Waals surface area contributed by atoms with Crippen LogP contribution in [0.25, 0.3) is 21.5 Å². The first-order valence-corrected chi connectivity index (χ1v) is 14.0. The molecular formula is C23H16ClN5O8S2. The fourth-order valence-corrected chi connectivity index (χ4v) is 5.20. The van der Waals surface area contributed by atoms with E-state index in [1.807, 2.05) is 0 Å². The zero-order chi connectivity index (χ0) is 28.1. The van der Waals surface area contributed by atoms with Crippen LogP contribution in [0, 0.1) is 0 Å². The number of phenols is 2. The number of nitrogens with one attached hydrogen (secondary N) is 2. The summed E-state index contributed by atoms with van der Waals surface area (Å²) < 4.78 is 66.4. The van der Waals surface area contributed by atoms with Crippen LogP contribution in [0.2, 0.25) is 5.28 Å². The highest BCUT2D eigenvalue weighted by Gasteiger charge is 2.19. The predicted molar refractivity (Wildman–Crippen MR) is 142 cm³/mol. The van der Waals surface area contributed by atoms with E-state index >= 15 is 0 Å². The summed E-state index contributed by atoms with van der Waals surface area (Å²) in [6.45, 7) is 0. The summed E-state index contributed by atoms with van der Waals surface area (Å²) in [6.07, 6.45) is 0. The van der Waals surface area contributed by atoms with Gasteiger partial charge in [-0.2, -0.15) is 31.8 Å². The Morgan fingerprint density at radius 3 is 1.44 bits per heavy atom. The quantitative estimate of drug-likeness (QED) is 0.153. The van der Waals surface area contributed by atoms with E-state index in [0.717, 1.165) is 12.1 Å². The number of fused-ring (bicyclic) bond motifs is 2. The van der Waals surface area contributed by atoms with Gasteiger partial charge in [-0.1, -0.05) is 24.3 Å². The molecule has 0 aliphatic heterocycles. The fourth-order valence-electron chi connectivity index (χ4n) is 3.96. The summed E-state index contributed by atoms with van der Waals surface area (Å²) in [4.78, 5) is 11.1. The molecule has 0 aliphatic carbocycles. The minimum atomic E-state index is -4.63. The van der Waals surface area contributed by atoms with Crippen LogP contribution in [0.5, 0.6) is 11.5 Å². The number of aromatic nitrogens is 3. The number of hydrogen-bond donors (Lipinski definition) is 6. The molecule has 5 aromatic rings. The lowest BCUT2D eigenvalue weighted by Crippen LogP contribution is -2.06. The van der Waals surface area contributed by atoms with Gasteiger partial charge in [-0.3, -0.25) is 9.11 Å². The Morgan fingerprint density at radius 1 is 0.641 bits per heavy atom. The molecule has 0 unspecified atom stereocenters. The number of hydrogen-bond acceptors (Lipinski definition) is 11. The first-order valence-electron chi connectivity index (χ1n) is 10.7. The van der Waals surface area contributed by atoms with Gasteiger partial charge in [0.2, 0.25) is 17.2 Å². The molecule has 0 amide bonds. The van der Waals surface area contributed by atoms with Crippen molar-refractivity contribution < 1.29 is 36.2 Å². The van der Waals surface area contributed by atoms with Crippen LogP contribution in [-0.2, 0) is 20.2 Å². The lowest BCUT2D eigenvalue weighted by molar-refractivity contribution is 0.480. The van der Waals surface area contributed by atoms with Gasteiger partial charge in [-0.05, 0) is 58.8 Å². The van der Waals surface area contributed by atoms with Crippen molar-refractivity contribution in [3.63, 3.8) is 0 Å². The van der Waals surface area contributed by atoms with E-state index in [-0.39, 0.29) is 61.6 Å². The molecule has 16 heteroatoms. The molecule has 0 saturated heterocycles. The lowest BCUT2D eigenvalue weighted by Gasteiger charge is -2.14. The Balaban J connectivity index is 1.62. The SMILES string of the molecule is O=S(=O)(O)c1cc(Nc2nc(Cl)nc(Nc3cc(S(=O)(=O)O)cc4cccc(O)c34)n2)c2c(O)cccc2c1. The van der Waals surface area contributed by atoms with Crippen LogP contribution in [0.1, 0.15) is 0 Å². The van der Waals surface area contributed by atoms with E-state index in [9.17, 15) is 36.2 Å². The number of anilines is 4. The molecule has 1 aromatic heterocycles. The number of halogens is 1. The number of aromatic hydroxyl groups is 2. The number of rotatable bonds is 6. The highest BCUT2D eigenvalue weighted by atomic mass is 35.5. The molecular weight excluding hydrogens is 574 g/mol. The summed E-state index contributed by atoms with van der Waals surface area (Å²) in [5.74, 6) is -0.873. The molecule has 0 spiro atoms. The van der Waals surface area contributed by atoms with Crippen LogP contribution < -0.4 is 10.6 Å². The van der Waals surface area contributed by atoms with Crippen molar-refractivity contribution in [2.24, 2.45) is 0 Å². The predicted octanol–water partition coefficient (Wildman–Crippen LogP) is 4.22. The average molecular weight is 590 g/mol. The van der Waals surface area contributed by atoms with Crippen molar-refractivity contribution in [2.75, 3.05) is 10.6 Å². The third-order valence-corrected chi connectivity index (χ3v) is 7.39. The lowest BCUT2D eigenvalue weighted by atomic mass is 10.1. The Morgan fingerprint density at radius 2 is 1.05 bits per heavy atom. The van der Waals surface area contributed by atoms with E-state index in [4.69, 9.17) is 11.6 Å². The zero-order valence-electron chi connectivity index (χ0n) is 19.2. The van der Waals surface area contributed by atoms with Crippen molar-refractivity contribution in [3.05, 3.63) is 65.9 Å². The highest BCUT2D eigenvalue weighted by Crippen LogP contribution is 2.37. The van der Waals surface area contributed by atoms with Crippen molar-refractivity contribution >= 4 is 76.7 Å². The molecule has 4 aromatic carbocycles. The molecule has 0 saturated carbocycles. The summed E-state index contributed by atoms with van der Waals surface area (Å²) >= 11 is 6.08. The smallest absolute Gasteiger partial charge is 0.294 e. The largest absolute Gasteiger partial charge is 0.507 e. The van der Waals surface area contributed by atoms with E-state index in [0.29, 0.717) is 0 Å². The van der Waals surface area contributed by atoms with Crippen molar-refractivity contribution in [1.82, 2.24) is 15.0 Å². The third-order valence-electron chi connectivity index (χ3n) is 5.55. The van der Waals surface area contributed by atoms with Gasteiger partial charge in [-0.25, -0.2) is 0 Å². The van der Waals surface area contributed by atoms with Gasteiger partial charge in [-0.15, -0.1) is 0 Å². The van der Waals surface area contributed by atoms with Gasteiger partial charge in [0.15, 0.2) is 0 Å². The molecule has 0 fully saturated rings. The minimum absolute atomic E-state index is 0.00269. The fraction of sp³-hybridized carbons (Fsp3) is 0. The van der Waals surface area contributed by atoms with Gasteiger partial charge in [0.1, 0.15) is 11.5 Å². The molecule has 200 valence electrons. The highest BCUT2D eigenvalue weighted by molar-refractivity contribution is 7.86. The summed E-state index contributed by atoms with van der Waals surface area (Å²) in [7, 11) is -9.25. The molecule has 5 rings (SSSR count). The topological polar surface area (TPSA) is 212 Å². The van der Waals surface area contributed by atoms with Gasteiger partial charge < -0.3 is 20.8 Å². The maximum atomic E-state index is 11.8. The standard InChI is InChI=1S/C23H16ClN5O8S2/c24-21-27-22(25-15-9-13(38(32,33)34)7-11-3-1-5-17(30)19(11)15)29-23(28-21)26-16-10-14(39(35,36)37)8-12-4-2-6-18(31)20(12)16/h1-10,30-31H,(H,32,33,34)(H,35,36,37)(H2,25,26,27,28,29). The van der Waals surface area contributed by atoms with E-state index in [2.05, 4.69) is 25.6 Å². The maximum absolute atomic E-state index is 11.8. The normalized spacial score (nSPS) is 12.1. The monoisotopic (exact) mass is 589 g/mol.